The number of phenols is 1. The summed E-state index contributed by atoms with van der Waals surface area (Å²) in [5, 5.41) is 9.88. The maximum atomic E-state index is 11.3. The minimum Gasteiger partial charge on any atom is -0.507 e. The number of benzene rings is 2. The first-order chi connectivity index (χ1) is 9.49. The monoisotopic (exact) mass is 269 g/mol. The van der Waals surface area contributed by atoms with E-state index in [0.717, 1.165) is 12.2 Å². The van der Waals surface area contributed by atoms with Gasteiger partial charge in [0.2, 0.25) is 0 Å². The van der Waals surface area contributed by atoms with Crippen LogP contribution in [-0.2, 0) is 6.54 Å². The van der Waals surface area contributed by atoms with Crippen LogP contribution < -0.4 is 4.90 Å². The van der Waals surface area contributed by atoms with E-state index >= 15 is 0 Å². The van der Waals surface area contributed by atoms with Crippen LogP contribution in [0.5, 0.6) is 5.75 Å². The fourth-order valence-electron chi connectivity index (χ4n) is 2.19. The summed E-state index contributed by atoms with van der Waals surface area (Å²) in [6, 6.07) is 13.4. The zero-order chi connectivity index (χ0) is 14.7. The number of carbonyl (C=O) groups excluding carboxylic acids is 1. The van der Waals surface area contributed by atoms with E-state index in [0.29, 0.717) is 5.56 Å². The number of hydrogen-bond acceptors (Lipinski definition) is 3. The van der Waals surface area contributed by atoms with Crippen molar-refractivity contribution in [1.29, 1.82) is 0 Å². The van der Waals surface area contributed by atoms with Gasteiger partial charge in [-0.05, 0) is 37.1 Å². The second-order valence-electron chi connectivity index (χ2n) is 5.04. The number of Topliss-reactive ketones (excluding diaryl/α,β-unsaturated/α-hetero) is 1. The molecule has 2 aromatic rings. The Balaban J connectivity index is 2.22. The van der Waals surface area contributed by atoms with Crippen molar-refractivity contribution in [3.8, 4) is 5.75 Å². The lowest BCUT2D eigenvalue weighted by Crippen LogP contribution is -2.17. The Labute approximate surface area is 119 Å². The van der Waals surface area contributed by atoms with E-state index in [1.807, 2.05) is 30.1 Å². The number of phenolic OH excluding ortho intramolecular Hbond substituents is 1. The van der Waals surface area contributed by atoms with Crippen molar-refractivity contribution in [1.82, 2.24) is 0 Å². The van der Waals surface area contributed by atoms with Gasteiger partial charge in [0.05, 0.1) is 5.56 Å². The fraction of sp³-hybridized carbons (Fsp3) is 0.235. The highest BCUT2D eigenvalue weighted by atomic mass is 16.3. The zero-order valence-corrected chi connectivity index (χ0v) is 12.1. The zero-order valence-electron chi connectivity index (χ0n) is 12.1. The van der Waals surface area contributed by atoms with Gasteiger partial charge in [0.15, 0.2) is 5.78 Å². The fourth-order valence-corrected chi connectivity index (χ4v) is 2.19. The van der Waals surface area contributed by atoms with Gasteiger partial charge in [0, 0.05) is 25.3 Å². The number of rotatable bonds is 4. The second-order valence-corrected chi connectivity index (χ2v) is 5.04. The molecule has 20 heavy (non-hydrogen) atoms. The van der Waals surface area contributed by atoms with Crippen molar-refractivity contribution in [3.05, 3.63) is 59.2 Å². The molecule has 0 amide bonds. The number of ketones is 1. The largest absolute Gasteiger partial charge is 0.507 e. The number of nitrogens with zero attached hydrogens (tertiary/aromatic N) is 1. The van der Waals surface area contributed by atoms with Gasteiger partial charge in [-0.15, -0.1) is 0 Å². The lowest BCUT2D eigenvalue weighted by molar-refractivity contribution is 0.101. The summed E-state index contributed by atoms with van der Waals surface area (Å²) in [6.07, 6.45) is 0. The molecule has 0 heterocycles. The Morgan fingerprint density at radius 2 is 1.90 bits per heavy atom. The average molecular weight is 269 g/mol. The van der Waals surface area contributed by atoms with E-state index in [9.17, 15) is 9.90 Å². The number of aryl methyl sites for hydroxylation is 1. The van der Waals surface area contributed by atoms with E-state index in [-0.39, 0.29) is 11.5 Å². The summed E-state index contributed by atoms with van der Waals surface area (Å²) < 4.78 is 0. The summed E-state index contributed by atoms with van der Waals surface area (Å²) in [7, 11) is 1.97. The SMILES string of the molecule is CC(=O)c1ccc(N(C)Cc2ccccc2C)cc1O. The number of anilines is 1. The topological polar surface area (TPSA) is 40.5 Å². The van der Waals surface area contributed by atoms with Gasteiger partial charge in [-0.1, -0.05) is 24.3 Å². The van der Waals surface area contributed by atoms with E-state index in [2.05, 4.69) is 19.1 Å². The van der Waals surface area contributed by atoms with Gasteiger partial charge < -0.3 is 10.0 Å². The molecule has 2 aromatic carbocycles. The first-order valence-electron chi connectivity index (χ1n) is 6.58. The Kier molecular flexibility index (Phi) is 4.08. The van der Waals surface area contributed by atoms with Gasteiger partial charge in [-0.3, -0.25) is 4.79 Å². The van der Waals surface area contributed by atoms with Crippen LogP contribution in [0.15, 0.2) is 42.5 Å². The molecule has 0 aliphatic rings. The molecular weight excluding hydrogens is 250 g/mol. The first-order valence-corrected chi connectivity index (χ1v) is 6.58. The Hall–Kier alpha value is -2.29. The van der Waals surface area contributed by atoms with E-state index < -0.39 is 0 Å². The molecule has 2 rings (SSSR count). The van der Waals surface area contributed by atoms with Crippen LogP contribution in [0.1, 0.15) is 28.4 Å². The molecule has 0 atom stereocenters. The summed E-state index contributed by atoms with van der Waals surface area (Å²) in [6.45, 7) is 4.29. The summed E-state index contributed by atoms with van der Waals surface area (Å²) in [5.74, 6) is -0.0951. The predicted molar refractivity (Wildman–Crippen MR) is 81.4 cm³/mol. The molecule has 0 bridgehead atoms. The molecule has 0 fully saturated rings. The third kappa shape index (κ3) is 2.99. The average Bonchev–Trinajstić information content (AvgIpc) is 2.40. The maximum Gasteiger partial charge on any atom is 0.163 e. The molecule has 0 aromatic heterocycles. The van der Waals surface area contributed by atoms with Gasteiger partial charge >= 0.3 is 0 Å². The smallest absolute Gasteiger partial charge is 0.163 e. The minimum absolute atomic E-state index is 0.0339. The Morgan fingerprint density at radius 1 is 1.20 bits per heavy atom. The summed E-state index contributed by atoms with van der Waals surface area (Å²) >= 11 is 0. The van der Waals surface area contributed by atoms with Crippen LogP contribution in [0.4, 0.5) is 5.69 Å². The van der Waals surface area contributed by atoms with Crippen molar-refractivity contribution in [3.63, 3.8) is 0 Å². The van der Waals surface area contributed by atoms with Crippen molar-refractivity contribution in [2.75, 3.05) is 11.9 Å². The second kappa shape index (κ2) is 5.78. The van der Waals surface area contributed by atoms with E-state index in [1.54, 1.807) is 12.1 Å². The molecule has 3 heteroatoms. The highest BCUT2D eigenvalue weighted by molar-refractivity contribution is 5.97. The Bertz CT molecular complexity index is 635. The molecule has 104 valence electrons. The quantitative estimate of drug-likeness (QED) is 0.863. The van der Waals surface area contributed by atoms with Crippen molar-refractivity contribution < 1.29 is 9.90 Å². The van der Waals surface area contributed by atoms with Crippen LogP contribution in [0.3, 0.4) is 0 Å². The normalized spacial score (nSPS) is 10.3. The van der Waals surface area contributed by atoms with Crippen LogP contribution >= 0.6 is 0 Å². The number of aromatic hydroxyl groups is 1. The first kappa shape index (κ1) is 14.1. The lowest BCUT2D eigenvalue weighted by Gasteiger charge is -2.21. The van der Waals surface area contributed by atoms with Crippen LogP contribution in [0, 0.1) is 6.92 Å². The maximum absolute atomic E-state index is 11.3. The van der Waals surface area contributed by atoms with Gasteiger partial charge in [-0.2, -0.15) is 0 Å². The van der Waals surface area contributed by atoms with E-state index in [4.69, 9.17) is 0 Å². The molecule has 0 spiro atoms. The summed E-state index contributed by atoms with van der Waals surface area (Å²) in [5.41, 5.74) is 3.72. The Morgan fingerprint density at radius 3 is 2.50 bits per heavy atom. The van der Waals surface area contributed by atoms with E-state index in [1.165, 1.54) is 18.1 Å². The molecule has 1 N–H and O–H groups in total. The summed E-state index contributed by atoms with van der Waals surface area (Å²) in [4.78, 5) is 13.4. The number of carbonyl (C=O) groups is 1. The lowest BCUT2D eigenvalue weighted by atomic mass is 10.1. The van der Waals surface area contributed by atoms with Gasteiger partial charge in [0.1, 0.15) is 5.75 Å². The molecular formula is C17H19NO2. The molecule has 0 unspecified atom stereocenters. The minimum atomic E-state index is -0.129. The standard InChI is InChI=1S/C17H19NO2/c1-12-6-4-5-7-14(12)11-18(3)15-8-9-16(13(2)19)17(20)10-15/h4-10,20H,11H2,1-3H3. The van der Waals surface area contributed by atoms with Crippen LogP contribution in [0.25, 0.3) is 0 Å². The van der Waals surface area contributed by atoms with Crippen molar-refractivity contribution in [2.24, 2.45) is 0 Å². The molecule has 0 aliphatic heterocycles. The third-order valence-electron chi connectivity index (χ3n) is 3.47. The molecule has 0 radical (unpaired) electrons. The highest BCUT2D eigenvalue weighted by Gasteiger charge is 2.10. The highest BCUT2D eigenvalue weighted by Crippen LogP contribution is 2.25. The van der Waals surface area contributed by atoms with Crippen molar-refractivity contribution in [2.45, 2.75) is 20.4 Å². The predicted octanol–water partition coefficient (Wildman–Crippen LogP) is 3.54. The van der Waals surface area contributed by atoms with Crippen LogP contribution in [-0.4, -0.2) is 17.9 Å². The molecule has 3 nitrogen and oxygen atoms in total. The molecule has 0 saturated carbocycles. The number of hydrogen-bond donors (Lipinski definition) is 1. The van der Waals surface area contributed by atoms with Crippen molar-refractivity contribution >= 4 is 11.5 Å². The van der Waals surface area contributed by atoms with Gasteiger partial charge in [0.25, 0.3) is 0 Å². The third-order valence-corrected chi connectivity index (χ3v) is 3.47. The van der Waals surface area contributed by atoms with Gasteiger partial charge in [-0.25, -0.2) is 0 Å². The molecule has 0 saturated heterocycles. The molecule has 0 aliphatic carbocycles. The van der Waals surface area contributed by atoms with Crippen LogP contribution in [0.2, 0.25) is 0 Å².